The Morgan fingerprint density at radius 3 is 2.46 bits per heavy atom. The minimum atomic E-state index is -0.203. The van der Waals surface area contributed by atoms with Gasteiger partial charge in [-0.05, 0) is 62.5 Å². The lowest BCUT2D eigenvalue weighted by molar-refractivity contribution is 0.185. The molecule has 0 bridgehead atoms. The Bertz CT molecular complexity index is 484. The fourth-order valence-electron chi connectivity index (χ4n) is 2.98. The van der Waals surface area contributed by atoms with E-state index < -0.39 is 0 Å². The van der Waals surface area contributed by atoms with Gasteiger partial charge in [0, 0.05) is 20.1 Å². The molecule has 6 heteroatoms. The second kappa shape index (κ2) is 11.6. The molecule has 0 atom stereocenters. The van der Waals surface area contributed by atoms with Gasteiger partial charge in [-0.1, -0.05) is 19.1 Å². The molecule has 0 unspecified atom stereocenters. The molecule has 1 heterocycles. The van der Waals surface area contributed by atoms with Gasteiger partial charge in [0.15, 0.2) is 5.96 Å². The van der Waals surface area contributed by atoms with Crippen molar-refractivity contribution in [3.05, 3.63) is 35.6 Å². The Kier molecular flexibility index (Phi) is 10.2. The minimum absolute atomic E-state index is 0. The molecule has 1 aliphatic heterocycles. The van der Waals surface area contributed by atoms with Crippen LogP contribution in [-0.2, 0) is 6.54 Å². The normalized spacial score (nSPS) is 16.5. The van der Waals surface area contributed by atoms with Gasteiger partial charge in [0.2, 0.25) is 0 Å². The number of hydrogen-bond acceptors (Lipinski definition) is 2. The van der Waals surface area contributed by atoms with Crippen molar-refractivity contribution in [3.63, 3.8) is 0 Å². The van der Waals surface area contributed by atoms with Crippen molar-refractivity contribution >= 4 is 29.9 Å². The summed E-state index contributed by atoms with van der Waals surface area (Å²) in [6.45, 7) is 7.49. The minimum Gasteiger partial charge on any atom is -0.356 e. The summed E-state index contributed by atoms with van der Waals surface area (Å²) in [6, 6.07) is 6.55. The van der Waals surface area contributed by atoms with Crippen LogP contribution in [0.5, 0.6) is 0 Å². The summed E-state index contributed by atoms with van der Waals surface area (Å²) >= 11 is 0. The van der Waals surface area contributed by atoms with E-state index in [4.69, 9.17) is 0 Å². The summed E-state index contributed by atoms with van der Waals surface area (Å²) in [5.74, 6) is 1.32. The zero-order valence-corrected chi connectivity index (χ0v) is 17.1. The molecule has 0 saturated carbocycles. The highest BCUT2D eigenvalue weighted by Crippen LogP contribution is 2.16. The molecule has 0 spiro atoms. The van der Waals surface area contributed by atoms with Gasteiger partial charge in [-0.2, -0.15) is 0 Å². The first-order valence-electron chi connectivity index (χ1n) is 8.62. The van der Waals surface area contributed by atoms with Gasteiger partial charge < -0.3 is 15.5 Å². The highest BCUT2D eigenvalue weighted by Gasteiger charge is 2.18. The fraction of sp³-hybridized carbons (Fsp3) is 0.611. The second-order valence-corrected chi connectivity index (χ2v) is 6.22. The van der Waals surface area contributed by atoms with E-state index in [1.54, 1.807) is 19.2 Å². The molecular weight excluding hydrogens is 418 g/mol. The van der Waals surface area contributed by atoms with E-state index >= 15 is 0 Å². The molecule has 1 aromatic rings. The van der Waals surface area contributed by atoms with Crippen LogP contribution in [0.2, 0.25) is 0 Å². The van der Waals surface area contributed by atoms with Gasteiger partial charge in [0.1, 0.15) is 5.82 Å². The van der Waals surface area contributed by atoms with Gasteiger partial charge >= 0.3 is 0 Å². The lowest BCUT2D eigenvalue weighted by Gasteiger charge is -2.32. The number of likely N-dealkylation sites (tertiary alicyclic amines) is 1. The van der Waals surface area contributed by atoms with Crippen LogP contribution in [0, 0.1) is 11.7 Å². The van der Waals surface area contributed by atoms with Crippen molar-refractivity contribution in [2.24, 2.45) is 10.9 Å². The van der Waals surface area contributed by atoms with Crippen LogP contribution in [0.25, 0.3) is 0 Å². The van der Waals surface area contributed by atoms with Crippen molar-refractivity contribution in [1.29, 1.82) is 0 Å². The molecule has 1 aliphatic rings. The summed E-state index contributed by atoms with van der Waals surface area (Å²) in [6.07, 6.45) is 3.74. The number of guanidine groups is 1. The van der Waals surface area contributed by atoms with Gasteiger partial charge in [-0.3, -0.25) is 4.99 Å². The summed E-state index contributed by atoms with van der Waals surface area (Å²) in [5.41, 5.74) is 1.04. The first kappa shape index (κ1) is 21.2. The largest absolute Gasteiger partial charge is 0.356 e. The molecule has 2 N–H and O–H groups in total. The molecule has 0 aliphatic carbocycles. The number of benzene rings is 1. The van der Waals surface area contributed by atoms with Crippen LogP contribution in [0.1, 0.15) is 31.7 Å². The Morgan fingerprint density at radius 1 is 1.21 bits per heavy atom. The topological polar surface area (TPSA) is 39.7 Å². The molecule has 1 aromatic carbocycles. The molecule has 0 aromatic heterocycles. The van der Waals surface area contributed by atoms with Crippen molar-refractivity contribution < 1.29 is 4.39 Å². The third-order valence-electron chi connectivity index (χ3n) is 4.40. The first-order chi connectivity index (χ1) is 11.2. The van der Waals surface area contributed by atoms with Gasteiger partial charge in [-0.25, -0.2) is 4.39 Å². The monoisotopic (exact) mass is 448 g/mol. The van der Waals surface area contributed by atoms with E-state index in [0.29, 0.717) is 12.5 Å². The summed E-state index contributed by atoms with van der Waals surface area (Å²) in [5, 5.41) is 6.69. The van der Waals surface area contributed by atoms with Crippen LogP contribution in [-0.4, -0.2) is 44.1 Å². The molecule has 0 amide bonds. The second-order valence-electron chi connectivity index (χ2n) is 6.22. The third kappa shape index (κ3) is 7.34. The maximum Gasteiger partial charge on any atom is 0.191 e. The maximum absolute atomic E-state index is 12.9. The van der Waals surface area contributed by atoms with Crippen molar-refractivity contribution in [1.82, 2.24) is 15.5 Å². The average Bonchev–Trinajstić information content (AvgIpc) is 2.58. The van der Waals surface area contributed by atoms with Crippen LogP contribution in [0.3, 0.4) is 0 Å². The smallest absolute Gasteiger partial charge is 0.191 e. The van der Waals surface area contributed by atoms with E-state index in [9.17, 15) is 4.39 Å². The van der Waals surface area contributed by atoms with Crippen LogP contribution < -0.4 is 10.6 Å². The van der Waals surface area contributed by atoms with Gasteiger partial charge in [-0.15, -0.1) is 24.0 Å². The molecule has 2 rings (SSSR count). The molecular formula is C18H30FIN4. The molecule has 0 radical (unpaired) electrons. The summed E-state index contributed by atoms with van der Waals surface area (Å²) in [4.78, 5) is 6.81. The predicted octanol–water partition coefficient (Wildman–Crippen LogP) is 3.23. The summed E-state index contributed by atoms with van der Waals surface area (Å²) < 4.78 is 12.9. The third-order valence-corrected chi connectivity index (χ3v) is 4.40. The number of rotatable bonds is 6. The average molecular weight is 448 g/mol. The number of hydrogen-bond donors (Lipinski definition) is 2. The summed E-state index contributed by atoms with van der Waals surface area (Å²) in [7, 11) is 1.78. The molecule has 1 fully saturated rings. The van der Waals surface area contributed by atoms with E-state index in [2.05, 4.69) is 27.4 Å². The van der Waals surface area contributed by atoms with Gasteiger partial charge in [0.25, 0.3) is 0 Å². The Balaban J connectivity index is 0.00000288. The van der Waals surface area contributed by atoms with Crippen LogP contribution in [0.15, 0.2) is 29.3 Å². The molecule has 1 saturated heterocycles. The fourth-order valence-corrected chi connectivity index (χ4v) is 2.98. The lowest BCUT2D eigenvalue weighted by Crippen LogP contribution is -2.42. The number of nitrogens with one attached hydrogen (secondary N) is 2. The van der Waals surface area contributed by atoms with Gasteiger partial charge in [0.05, 0.1) is 0 Å². The Morgan fingerprint density at radius 2 is 1.88 bits per heavy atom. The zero-order chi connectivity index (χ0) is 16.5. The lowest BCUT2D eigenvalue weighted by atomic mass is 9.97. The number of nitrogens with zero attached hydrogens (tertiary/aromatic N) is 2. The van der Waals surface area contributed by atoms with E-state index in [1.807, 2.05) is 0 Å². The highest BCUT2D eigenvalue weighted by atomic mass is 127. The van der Waals surface area contributed by atoms with Crippen molar-refractivity contribution in [3.8, 4) is 0 Å². The van der Waals surface area contributed by atoms with Crippen molar-refractivity contribution in [2.45, 2.75) is 32.7 Å². The predicted molar refractivity (Wildman–Crippen MR) is 109 cm³/mol. The number of piperidine rings is 1. The quantitative estimate of drug-likeness (QED) is 0.399. The molecule has 4 nitrogen and oxygen atoms in total. The number of aliphatic imine (C=N–C) groups is 1. The zero-order valence-electron chi connectivity index (χ0n) is 14.7. The maximum atomic E-state index is 12.9. The van der Waals surface area contributed by atoms with Crippen molar-refractivity contribution in [2.75, 3.05) is 33.2 Å². The van der Waals surface area contributed by atoms with E-state index in [1.165, 1.54) is 51.0 Å². The first-order valence-corrected chi connectivity index (χ1v) is 8.62. The Labute approximate surface area is 162 Å². The SMILES string of the molecule is CCCN1CCC(CNC(=NC)NCc2ccc(F)cc2)CC1.I. The van der Waals surface area contributed by atoms with Crippen LogP contribution >= 0.6 is 24.0 Å². The van der Waals surface area contributed by atoms with Crippen LogP contribution in [0.4, 0.5) is 4.39 Å². The highest BCUT2D eigenvalue weighted by molar-refractivity contribution is 14.0. The van der Waals surface area contributed by atoms with E-state index in [0.717, 1.165) is 18.1 Å². The Hall–Kier alpha value is -0.890. The molecule has 24 heavy (non-hydrogen) atoms. The van der Waals surface area contributed by atoms with E-state index in [-0.39, 0.29) is 29.8 Å². The standard InChI is InChI=1S/C18H29FN4.HI/c1-3-10-23-11-8-16(9-12-23)14-22-18(20-2)21-13-15-4-6-17(19)7-5-15;/h4-7,16H,3,8-14H2,1-2H3,(H2,20,21,22);1H. The number of halogens is 2. The molecule has 136 valence electrons.